The number of hydrogen-bond acceptors (Lipinski definition) is 4. The van der Waals surface area contributed by atoms with Crippen LogP contribution in [0.25, 0.3) is 11.1 Å². The first-order chi connectivity index (χ1) is 15.7. The first-order valence-electron chi connectivity index (χ1n) is 11.9. The first kappa shape index (κ1) is 23.6. The number of benzene rings is 2. The van der Waals surface area contributed by atoms with Gasteiger partial charge in [-0.3, -0.25) is 0 Å². The van der Waals surface area contributed by atoms with Crippen molar-refractivity contribution in [3.05, 3.63) is 36.4 Å². The zero-order valence-electron chi connectivity index (χ0n) is 19.2. The summed E-state index contributed by atoms with van der Waals surface area (Å²) in [7, 11) is 0.0626. The van der Waals surface area contributed by atoms with Crippen LogP contribution in [-0.4, -0.2) is 34.0 Å². The molecule has 4 nitrogen and oxygen atoms in total. The van der Waals surface area contributed by atoms with E-state index in [1.807, 2.05) is 0 Å². The standard InChI is InChI=1S/C26H35O4PS/c1-29-22-17-18-24(32(27)28)26(30-2)25(22)21-15-9-10-16-23(21)31(19-11-5-3-6-12-19)20-13-7-4-8-14-20/h9-10,15-20,32H,3-8,11-14H2,1-2H3. The van der Waals surface area contributed by atoms with E-state index < -0.39 is 10.7 Å². The number of hydrogen-bond donors (Lipinski definition) is 1. The highest BCUT2D eigenvalue weighted by Gasteiger charge is 2.34. The van der Waals surface area contributed by atoms with Gasteiger partial charge in [0.2, 0.25) is 0 Å². The molecule has 0 unspecified atom stereocenters. The molecule has 0 heterocycles. The highest BCUT2D eigenvalue weighted by Crippen LogP contribution is 2.57. The van der Waals surface area contributed by atoms with Crippen molar-refractivity contribution in [3.8, 4) is 22.6 Å². The third-order valence-electron chi connectivity index (χ3n) is 7.11. The van der Waals surface area contributed by atoms with Crippen molar-refractivity contribution in [1.82, 2.24) is 0 Å². The predicted molar refractivity (Wildman–Crippen MR) is 134 cm³/mol. The second kappa shape index (κ2) is 11.0. The Balaban J connectivity index is 1.90. The Morgan fingerprint density at radius 3 is 1.91 bits per heavy atom. The van der Waals surface area contributed by atoms with Gasteiger partial charge in [-0.1, -0.05) is 70.7 Å². The second-order valence-corrected chi connectivity index (χ2v) is 12.7. The summed E-state index contributed by atoms with van der Waals surface area (Å²) in [5.74, 6) is 1.06. The van der Waals surface area contributed by atoms with Gasteiger partial charge in [0, 0.05) is 0 Å². The molecule has 0 N–H and O–H groups in total. The molecule has 0 aromatic heterocycles. The van der Waals surface area contributed by atoms with E-state index in [-0.39, 0.29) is 12.8 Å². The molecule has 0 amide bonds. The summed E-state index contributed by atoms with van der Waals surface area (Å²) in [6.45, 7) is 0. The number of thiol groups is 1. The summed E-state index contributed by atoms with van der Waals surface area (Å²) < 4.78 is 35.4. The maximum Gasteiger partial charge on any atom is 0.171 e. The van der Waals surface area contributed by atoms with Crippen LogP contribution in [0.4, 0.5) is 0 Å². The quantitative estimate of drug-likeness (QED) is 0.388. The van der Waals surface area contributed by atoms with Gasteiger partial charge in [-0.05, 0) is 60.0 Å². The van der Waals surface area contributed by atoms with Crippen molar-refractivity contribution < 1.29 is 17.9 Å². The lowest BCUT2D eigenvalue weighted by atomic mass is 9.99. The molecule has 4 rings (SSSR count). The third-order valence-corrected chi connectivity index (χ3v) is 11.4. The highest BCUT2D eigenvalue weighted by molar-refractivity contribution is 7.72. The van der Waals surface area contributed by atoms with Gasteiger partial charge in [0.05, 0.1) is 19.8 Å². The van der Waals surface area contributed by atoms with Crippen LogP contribution in [-0.2, 0) is 10.7 Å². The van der Waals surface area contributed by atoms with Crippen LogP contribution in [0.5, 0.6) is 11.5 Å². The Morgan fingerprint density at radius 1 is 0.781 bits per heavy atom. The molecule has 0 spiro atoms. The normalized spacial score (nSPS) is 18.2. The molecule has 174 valence electrons. The molecular formula is C26H35O4PS. The smallest absolute Gasteiger partial charge is 0.171 e. The number of methoxy groups -OCH3 is 2. The second-order valence-electron chi connectivity index (χ2n) is 8.96. The summed E-state index contributed by atoms with van der Waals surface area (Å²) in [5.41, 5.74) is 3.36. The third kappa shape index (κ3) is 4.84. The predicted octanol–water partition coefficient (Wildman–Crippen LogP) is 6.11. The SMILES string of the molecule is COc1ccc([SH](=O)=O)c(OC)c1-c1ccccc1P(C1CCCCC1)C1CCCCC1. The minimum absolute atomic E-state index is 0.216. The molecule has 2 aromatic rings. The molecule has 2 aliphatic rings. The average molecular weight is 475 g/mol. The van der Waals surface area contributed by atoms with Gasteiger partial charge < -0.3 is 9.47 Å². The van der Waals surface area contributed by atoms with E-state index in [0.717, 1.165) is 22.4 Å². The maximum atomic E-state index is 12.0. The average Bonchev–Trinajstić information content (AvgIpc) is 2.85. The molecule has 0 saturated heterocycles. The van der Waals surface area contributed by atoms with E-state index in [1.54, 1.807) is 26.4 Å². The lowest BCUT2D eigenvalue weighted by Gasteiger charge is -2.39. The summed E-state index contributed by atoms with van der Waals surface area (Å²) in [4.78, 5) is 0.216. The zero-order chi connectivity index (χ0) is 22.5. The van der Waals surface area contributed by atoms with E-state index in [4.69, 9.17) is 9.47 Å². The molecule has 2 saturated carbocycles. The molecule has 6 heteroatoms. The van der Waals surface area contributed by atoms with Crippen LogP contribution in [0.15, 0.2) is 41.3 Å². The first-order valence-corrected chi connectivity index (χ1v) is 14.6. The van der Waals surface area contributed by atoms with Gasteiger partial charge in [-0.2, -0.15) is 0 Å². The summed E-state index contributed by atoms with van der Waals surface area (Å²) >= 11 is 0. The molecule has 0 atom stereocenters. The molecule has 32 heavy (non-hydrogen) atoms. The Kier molecular flexibility index (Phi) is 8.12. The van der Waals surface area contributed by atoms with E-state index >= 15 is 0 Å². The van der Waals surface area contributed by atoms with Crippen LogP contribution in [0.1, 0.15) is 64.2 Å². The Bertz CT molecular complexity index is 965. The minimum Gasteiger partial charge on any atom is -0.496 e. The summed E-state index contributed by atoms with van der Waals surface area (Å²) in [6.07, 6.45) is 13.3. The van der Waals surface area contributed by atoms with E-state index in [1.165, 1.54) is 69.5 Å². The fourth-order valence-corrected chi connectivity index (χ4v) is 10.2. The van der Waals surface area contributed by atoms with Crippen LogP contribution < -0.4 is 14.8 Å². The Hall–Kier alpha value is -1.58. The maximum absolute atomic E-state index is 12.0. The van der Waals surface area contributed by atoms with Crippen LogP contribution in [0, 0.1) is 0 Å². The van der Waals surface area contributed by atoms with Crippen molar-refractivity contribution in [2.24, 2.45) is 0 Å². The topological polar surface area (TPSA) is 52.6 Å². The van der Waals surface area contributed by atoms with Crippen molar-refractivity contribution in [3.63, 3.8) is 0 Å². The van der Waals surface area contributed by atoms with Gasteiger partial charge in [-0.15, -0.1) is 0 Å². The fraction of sp³-hybridized carbons (Fsp3) is 0.538. The van der Waals surface area contributed by atoms with Crippen LogP contribution in [0.3, 0.4) is 0 Å². The van der Waals surface area contributed by atoms with Crippen LogP contribution >= 0.6 is 7.92 Å². The van der Waals surface area contributed by atoms with Crippen molar-refractivity contribution in [1.29, 1.82) is 0 Å². The van der Waals surface area contributed by atoms with Gasteiger partial charge in [0.25, 0.3) is 0 Å². The lowest BCUT2D eigenvalue weighted by Crippen LogP contribution is -2.27. The van der Waals surface area contributed by atoms with Gasteiger partial charge >= 0.3 is 0 Å². The van der Waals surface area contributed by atoms with E-state index in [2.05, 4.69) is 24.3 Å². The van der Waals surface area contributed by atoms with Crippen LogP contribution in [0.2, 0.25) is 0 Å². The van der Waals surface area contributed by atoms with Crippen molar-refractivity contribution in [2.75, 3.05) is 14.2 Å². The lowest BCUT2D eigenvalue weighted by molar-refractivity contribution is 0.389. The monoisotopic (exact) mass is 474 g/mol. The summed E-state index contributed by atoms with van der Waals surface area (Å²) in [5, 5.41) is 1.40. The molecule has 0 radical (unpaired) electrons. The minimum atomic E-state index is -2.77. The molecular weight excluding hydrogens is 439 g/mol. The number of ether oxygens (including phenoxy) is 2. The number of rotatable bonds is 7. The fourth-order valence-electron chi connectivity index (χ4n) is 5.65. The zero-order valence-corrected chi connectivity index (χ0v) is 21.0. The van der Waals surface area contributed by atoms with Crippen molar-refractivity contribution >= 4 is 23.9 Å². The molecule has 0 aliphatic heterocycles. The van der Waals surface area contributed by atoms with Gasteiger partial charge in [-0.25, -0.2) is 8.42 Å². The largest absolute Gasteiger partial charge is 0.496 e. The molecule has 2 aromatic carbocycles. The molecule has 2 aliphatic carbocycles. The van der Waals surface area contributed by atoms with E-state index in [0.29, 0.717) is 11.5 Å². The van der Waals surface area contributed by atoms with Crippen molar-refractivity contribution in [2.45, 2.75) is 80.4 Å². The Labute approximate surface area is 195 Å². The summed E-state index contributed by atoms with van der Waals surface area (Å²) in [6, 6.07) is 12.0. The van der Waals surface area contributed by atoms with E-state index in [9.17, 15) is 8.42 Å². The molecule has 2 fully saturated rings. The molecule has 0 bridgehead atoms. The highest BCUT2D eigenvalue weighted by atomic mass is 32.2. The van der Waals surface area contributed by atoms with Gasteiger partial charge in [0.1, 0.15) is 16.4 Å². The Morgan fingerprint density at radius 2 is 1.38 bits per heavy atom. The van der Waals surface area contributed by atoms with Gasteiger partial charge in [0.15, 0.2) is 10.7 Å².